The first-order valence-corrected chi connectivity index (χ1v) is 5.16. The molecule has 0 atom stereocenters. The molecule has 17 heavy (non-hydrogen) atoms. The predicted octanol–water partition coefficient (Wildman–Crippen LogP) is 1.87. The standard InChI is InChI=1S/C10H11NO4.C2H6/c1-14-9(12)6-3-4-7(8(11)5-6)10(13)15-2;1-2/h3-5H,11H2,1-2H3;1-2H3. The normalized spacial score (nSPS) is 8.71. The smallest absolute Gasteiger partial charge is 0.339 e. The molecule has 0 saturated heterocycles. The van der Waals surface area contributed by atoms with Crippen LogP contribution in [0.4, 0.5) is 5.69 Å². The number of carbonyl (C=O) groups excluding carboxylic acids is 2. The maximum absolute atomic E-state index is 11.2. The number of rotatable bonds is 2. The van der Waals surface area contributed by atoms with Crippen LogP contribution >= 0.6 is 0 Å². The lowest BCUT2D eigenvalue weighted by atomic mass is 10.1. The van der Waals surface area contributed by atoms with E-state index in [2.05, 4.69) is 9.47 Å². The van der Waals surface area contributed by atoms with E-state index >= 15 is 0 Å². The van der Waals surface area contributed by atoms with Gasteiger partial charge in [-0.15, -0.1) is 0 Å². The topological polar surface area (TPSA) is 78.6 Å². The average molecular weight is 239 g/mol. The minimum absolute atomic E-state index is 0.185. The number of methoxy groups -OCH3 is 2. The Morgan fingerprint density at radius 1 is 1.06 bits per heavy atom. The molecule has 0 aliphatic carbocycles. The van der Waals surface area contributed by atoms with Crippen molar-refractivity contribution in [3.8, 4) is 0 Å². The molecule has 0 fully saturated rings. The first-order chi connectivity index (χ1) is 8.10. The highest BCUT2D eigenvalue weighted by molar-refractivity contribution is 5.98. The largest absolute Gasteiger partial charge is 0.465 e. The van der Waals surface area contributed by atoms with E-state index in [1.165, 1.54) is 32.4 Å². The number of hydrogen-bond acceptors (Lipinski definition) is 5. The molecule has 1 aromatic rings. The van der Waals surface area contributed by atoms with Crippen molar-refractivity contribution in [3.63, 3.8) is 0 Å². The van der Waals surface area contributed by atoms with Gasteiger partial charge in [-0.2, -0.15) is 0 Å². The summed E-state index contributed by atoms with van der Waals surface area (Å²) in [5.41, 5.74) is 6.29. The van der Waals surface area contributed by atoms with E-state index in [4.69, 9.17) is 5.73 Å². The molecule has 94 valence electrons. The highest BCUT2D eigenvalue weighted by Crippen LogP contribution is 2.15. The summed E-state index contributed by atoms with van der Waals surface area (Å²) in [5.74, 6) is -1.04. The van der Waals surface area contributed by atoms with Gasteiger partial charge in [-0.1, -0.05) is 13.8 Å². The third-order valence-corrected chi connectivity index (χ3v) is 1.88. The first-order valence-electron chi connectivity index (χ1n) is 5.16. The molecule has 0 radical (unpaired) electrons. The minimum atomic E-state index is -0.538. The van der Waals surface area contributed by atoms with Crippen molar-refractivity contribution in [3.05, 3.63) is 29.3 Å². The second kappa shape index (κ2) is 7.27. The van der Waals surface area contributed by atoms with Gasteiger partial charge in [0.25, 0.3) is 0 Å². The molecule has 5 nitrogen and oxygen atoms in total. The van der Waals surface area contributed by atoms with E-state index in [9.17, 15) is 9.59 Å². The Morgan fingerprint density at radius 2 is 1.59 bits per heavy atom. The fourth-order valence-electron chi connectivity index (χ4n) is 1.10. The number of nitrogen functional groups attached to an aromatic ring is 1. The molecule has 2 N–H and O–H groups in total. The quantitative estimate of drug-likeness (QED) is 0.629. The molecule has 0 unspecified atom stereocenters. The SMILES string of the molecule is CC.COC(=O)c1ccc(C(=O)OC)c(N)c1. The predicted molar refractivity (Wildman–Crippen MR) is 64.9 cm³/mol. The van der Waals surface area contributed by atoms with Gasteiger partial charge in [0.15, 0.2) is 0 Å². The van der Waals surface area contributed by atoms with Gasteiger partial charge < -0.3 is 15.2 Å². The van der Waals surface area contributed by atoms with Gasteiger partial charge >= 0.3 is 11.9 Å². The van der Waals surface area contributed by atoms with Crippen molar-refractivity contribution in [2.45, 2.75) is 13.8 Å². The van der Waals surface area contributed by atoms with E-state index in [1.54, 1.807) is 0 Å². The van der Waals surface area contributed by atoms with Gasteiger partial charge in [0, 0.05) is 5.69 Å². The van der Waals surface area contributed by atoms with E-state index in [1.807, 2.05) is 13.8 Å². The monoisotopic (exact) mass is 239 g/mol. The number of esters is 2. The summed E-state index contributed by atoms with van der Waals surface area (Å²) in [7, 11) is 2.53. The third kappa shape index (κ3) is 3.79. The molecule has 0 aliphatic heterocycles. The van der Waals surface area contributed by atoms with Crippen LogP contribution in [-0.4, -0.2) is 26.2 Å². The van der Waals surface area contributed by atoms with Gasteiger partial charge in [0.2, 0.25) is 0 Å². The fraction of sp³-hybridized carbons (Fsp3) is 0.333. The van der Waals surface area contributed by atoms with Gasteiger partial charge in [-0.25, -0.2) is 9.59 Å². The zero-order valence-corrected chi connectivity index (χ0v) is 10.4. The lowest BCUT2D eigenvalue weighted by Crippen LogP contribution is -2.08. The number of ether oxygens (including phenoxy) is 2. The maximum atomic E-state index is 11.2. The Bertz CT molecular complexity index is 401. The van der Waals surface area contributed by atoms with Crippen molar-refractivity contribution < 1.29 is 19.1 Å². The van der Waals surface area contributed by atoms with Gasteiger partial charge in [-0.05, 0) is 18.2 Å². The molecule has 0 bridgehead atoms. The van der Waals surface area contributed by atoms with Crippen molar-refractivity contribution in [2.24, 2.45) is 0 Å². The summed E-state index contributed by atoms with van der Waals surface area (Å²) in [6.07, 6.45) is 0. The minimum Gasteiger partial charge on any atom is -0.465 e. The number of nitrogens with two attached hydrogens (primary N) is 1. The Kier molecular flexibility index (Phi) is 6.40. The van der Waals surface area contributed by atoms with Crippen molar-refractivity contribution in [1.29, 1.82) is 0 Å². The number of hydrogen-bond donors (Lipinski definition) is 1. The summed E-state index contributed by atoms with van der Waals surface area (Å²) in [5, 5.41) is 0. The van der Waals surface area contributed by atoms with E-state index in [0.717, 1.165) is 0 Å². The average Bonchev–Trinajstić information content (AvgIpc) is 2.39. The summed E-state index contributed by atoms with van der Waals surface area (Å²) in [6.45, 7) is 4.00. The fourth-order valence-corrected chi connectivity index (χ4v) is 1.10. The van der Waals surface area contributed by atoms with Crippen LogP contribution in [0.15, 0.2) is 18.2 Å². The lowest BCUT2D eigenvalue weighted by Gasteiger charge is -2.05. The molecule has 0 saturated carbocycles. The molecule has 0 amide bonds. The molecule has 5 heteroatoms. The second-order valence-electron chi connectivity index (χ2n) is 2.79. The maximum Gasteiger partial charge on any atom is 0.339 e. The van der Waals surface area contributed by atoms with Crippen LogP contribution in [0.2, 0.25) is 0 Å². The van der Waals surface area contributed by atoms with Crippen LogP contribution in [0.3, 0.4) is 0 Å². The summed E-state index contributed by atoms with van der Waals surface area (Å²) in [6, 6.07) is 4.25. The highest BCUT2D eigenvalue weighted by atomic mass is 16.5. The number of benzene rings is 1. The summed E-state index contributed by atoms with van der Waals surface area (Å²) >= 11 is 0. The Morgan fingerprint density at radius 3 is 2.00 bits per heavy atom. The van der Waals surface area contributed by atoms with Gasteiger partial charge in [-0.3, -0.25) is 0 Å². The zero-order chi connectivity index (χ0) is 13.4. The van der Waals surface area contributed by atoms with Crippen LogP contribution in [-0.2, 0) is 9.47 Å². The lowest BCUT2D eigenvalue weighted by molar-refractivity contribution is 0.0587. The van der Waals surface area contributed by atoms with Crippen LogP contribution in [0.5, 0.6) is 0 Å². The molecular formula is C12H17NO4. The molecule has 0 aromatic heterocycles. The van der Waals surface area contributed by atoms with Gasteiger partial charge in [0.1, 0.15) is 0 Å². The number of carbonyl (C=O) groups is 2. The third-order valence-electron chi connectivity index (χ3n) is 1.88. The number of anilines is 1. The van der Waals surface area contributed by atoms with E-state index in [-0.39, 0.29) is 11.3 Å². The van der Waals surface area contributed by atoms with E-state index < -0.39 is 11.9 Å². The van der Waals surface area contributed by atoms with Crippen LogP contribution < -0.4 is 5.73 Å². The first kappa shape index (κ1) is 15.0. The second-order valence-corrected chi connectivity index (χ2v) is 2.79. The zero-order valence-electron chi connectivity index (χ0n) is 10.4. The Labute approximate surface area is 101 Å². The molecule has 0 aliphatic rings. The van der Waals surface area contributed by atoms with Crippen molar-refractivity contribution in [1.82, 2.24) is 0 Å². The van der Waals surface area contributed by atoms with Crippen molar-refractivity contribution in [2.75, 3.05) is 20.0 Å². The van der Waals surface area contributed by atoms with Crippen LogP contribution in [0, 0.1) is 0 Å². The molecule has 0 heterocycles. The Hall–Kier alpha value is -2.04. The molecule has 0 spiro atoms. The Balaban J connectivity index is 0.00000121. The molecule has 1 aromatic carbocycles. The highest BCUT2D eigenvalue weighted by Gasteiger charge is 2.13. The molecular weight excluding hydrogens is 222 g/mol. The van der Waals surface area contributed by atoms with Crippen LogP contribution in [0.25, 0.3) is 0 Å². The van der Waals surface area contributed by atoms with Crippen molar-refractivity contribution >= 4 is 17.6 Å². The summed E-state index contributed by atoms with van der Waals surface area (Å²) < 4.78 is 9.02. The van der Waals surface area contributed by atoms with E-state index in [0.29, 0.717) is 5.56 Å². The molecule has 1 rings (SSSR count). The van der Waals surface area contributed by atoms with Gasteiger partial charge in [0.05, 0.1) is 25.3 Å². The van der Waals surface area contributed by atoms with Crippen LogP contribution in [0.1, 0.15) is 34.6 Å². The summed E-state index contributed by atoms with van der Waals surface area (Å²) in [4.78, 5) is 22.3.